The van der Waals surface area contributed by atoms with Crippen molar-refractivity contribution in [3.63, 3.8) is 0 Å². The van der Waals surface area contributed by atoms with Gasteiger partial charge in [0.1, 0.15) is 11.5 Å². The van der Waals surface area contributed by atoms with Gasteiger partial charge in [-0.1, -0.05) is 43.9 Å². The molecule has 41 heavy (non-hydrogen) atoms. The molecule has 2 N–H and O–H groups in total. The molecule has 4 aromatic rings. The average Bonchev–Trinajstić information content (AvgIpc) is 3.50. The number of anilines is 5. The highest BCUT2D eigenvalue weighted by Crippen LogP contribution is 2.36. The van der Waals surface area contributed by atoms with E-state index in [2.05, 4.69) is 15.6 Å². The van der Waals surface area contributed by atoms with Crippen LogP contribution in [0.2, 0.25) is 0 Å². The molecule has 214 valence electrons. The molecule has 0 saturated heterocycles. The lowest BCUT2D eigenvalue weighted by atomic mass is 10.0. The first kappa shape index (κ1) is 28.2. The van der Waals surface area contributed by atoms with Crippen molar-refractivity contribution in [2.45, 2.75) is 38.5 Å². The Balaban J connectivity index is 1.49. The summed E-state index contributed by atoms with van der Waals surface area (Å²) in [6.45, 7) is 0. The second-order valence-electron chi connectivity index (χ2n) is 9.95. The zero-order valence-electron chi connectivity index (χ0n) is 23.0. The van der Waals surface area contributed by atoms with Crippen LogP contribution in [0.4, 0.5) is 28.7 Å². The highest BCUT2D eigenvalue weighted by Gasteiger charge is 2.22. The molecule has 1 heterocycles. The molecule has 0 atom stereocenters. The van der Waals surface area contributed by atoms with Crippen molar-refractivity contribution >= 4 is 56.5 Å². The first-order chi connectivity index (χ1) is 19.9. The van der Waals surface area contributed by atoms with Gasteiger partial charge in [-0.05, 0) is 42.7 Å². The number of nitrogens with zero attached hydrogens (tertiary/aromatic N) is 3. The molecule has 0 radical (unpaired) electrons. The summed E-state index contributed by atoms with van der Waals surface area (Å²) in [7, 11) is -0.107. The van der Waals surface area contributed by atoms with E-state index in [4.69, 9.17) is 14.5 Å². The SMILES string of the molecule is COc1cc(Nc2nc3ccccc3nc2N(c2cccc(NC(=O)CCC3CCCC3)c2)[SH](=O)=O)cc(OC)c1. The molecular weight excluding hydrogens is 542 g/mol. The molecule has 1 amide bonds. The highest BCUT2D eigenvalue weighted by molar-refractivity contribution is 7.74. The molecule has 10 nitrogen and oxygen atoms in total. The normalized spacial score (nSPS) is 13.3. The van der Waals surface area contributed by atoms with Gasteiger partial charge < -0.3 is 20.1 Å². The summed E-state index contributed by atoms with van der Waals surface area (Å²) in [6, 6.07) is 19.1. The summed E-state index contributed by atoms with van der Waals surface area (Å²) in [6.07, 6.45) is 6.12. The minimum Gasteiger partial charge on any atom is -0.497 e. The lowest BCUT2D eigenvalue weighted by Crippen LogP contribution is -2.19. The zero-order chi connectivity index (χ0) is 28.8. The zero-order valence-corrected chi connectivity index (χ0v) is 23.9. The topological polar surface area (TPSA) is 123 Å². The maximum Gasteiger partial charge on any atom is 0.230 e. The number of hydrogen-bond acceptors (Lipinski definition) is 8. The molecule has 1 fully saturated rings. The molecule has 0 spiro atoms. The number of benzene rings is 3. The van der Waals surface area contributed by atoms with Gasteiger partial charge in [-0.15, -0.1) is 0 Å². The van der Waals surface area contributed by atoms with Crippen molar-refractivity contribution in [1.82, 2.24) is 9.97 Å². The Labute approximate surface area is 240 Å². The van der Waals surface area contributed by atoms with E-state index in [9.17, 15) is 13.2 Å². The molecular formula is C30H33N5O5S. The van der Waals surface area contributed by atoms with E-state index in [0.717, 1.165) is 10.7 Å². The molecule has 0 aliphatic heterocycles. The first-order valence-corrected chi connectivity index (χ1v) is 14.7. The van der Waals surface area contributed by atoms with Gasteiger partial charge in [-0.25, -0.2) is 22.7 Å². The number of carbonyl (C=O) groups is 1. The third kappa shape index (κ3) is 6.86. The Hall–Kier alpha value is -4.38. The van der Waals surface area contributed by atoms with Crippen LogP contribution < -0.4 is 24.4 Å². The van der Waals surface area contributed by atoms with E-state index in [1.165, 1.54) is 25.7 Å². The minimum atomic E-state index is -3.20. The van der Waals surface area contributed by atoms with Crippen molar-refractivity contribution in [2.24, 2.45) is 5.92 Å². The quantitative estimate of drug-likeness (QED) is 0.187. The van der Waals surface area contributed by atoms with E-state index >= 15 is 0 Å². The number of carbonyl (C=O) groups excluding carboxylic acids is 1. The van der Waals surface area contributed by atoms with E-state index in [-0.39, 0.29) is 17.5 Å². The summed E-state index contributed by atoms with van der Waals surface area (Å²) < 4.78 is 37.4. The van der Waals surface area contributed by atoms with Crippen molar-refractivity contribution in [2.75, 3.05) is 29.2 Å². The number of thiol groups is 1. The smallest absolute Gasteiger partial charge is 0.230 e. The van der Waals surface area contributed by atoms with Crippen LogP contribution in [-0.4, -0.2) is 38.5 Å². The lowest BCUT2D eigenvalue weighted by molar-refractivity contribution is -0.116. The monoisotopic (exact) mass is 575 g/mol. The number of hydrogen-bond donors (Lipinski definition) is 3. The fourth-order valence-electron chi connectivity index (χ4n) is 5.11. The summed E-state index contributed by atoms with van der Waals surface area (Å²) in [5.41, 5.74) is 2.48. The molecule has 11 heteroatoms. The summed E-state index contributed by atoms with van der Waals surface area (Å²) in [5, 5.41) is 6.12. The minimum absolute atomic E-state index is 0.0753. The number of amides is 1. The second kappa shape index (κ2) is 12.9. The largest absolute Gasteiger partial charge is 0.497 e. The molecule has 5 rings (SSSR count). The van der Waals surface area contributed by atoms with Crippen LogP contribution in [0.1, 0.15) is 38.5 Å². The van der Waals surface area contributed by atoms with Crippen molar-refractivity contribution < 1.29 is 22.7 Å². The Morgan fingerprint density at radius 3 is 2.24 bits per heavy atom. The van der Waals surface area contributed by atoms with Crippen LogP contribution >= 0.6 is 0 Å². The van der Waals surface area contributed by atoms with Crippen LogP contribution in [0.25, 0.3) is 11.0 Å². The van der Waals surface area contributed by atoms with Gasteiger partial charge in [-0.2, -0.15) is 0 Å². The van der Waals surface area contributed by atoms with Gasteiger partial charge in [-0.3, -0.25) is 4.79 Å². The van der Waals surface area contributed by atoms with Gasteiger partial charge in [0, 0.05) is 36.0 Å². The van der Waals surface area contributed by atoms with Crippen LogP contribution in [0.15, 0.2) is 66.7 Å². The highest BCUT2D eigenvalue weighted by atomic mass is 32.2. The number of methoxy groups -OCH3 is 2. The van der Waals surface area contributed by atoms with E-state index in [1.54, 1.807) is 68.8 Å². The fraction of sp³-hybridized carbons (Fsp3) is 0.300. The van der Waals surface area contributed by atoms with Crippen molar-refractivity contribution in [3.05, 3.63) is 66.7 Å². The fourth-order valence-corrected chi connectivity index (χ4v) is 5.71. The van der Waals surface area contributed by atoms with Crippen LogP contribution in [-0.2, 0) is 15.7 Å². The first-order valence-electron chi connectivity index (χ1n) is 13.5. The van der Waals surface area contributed by atoms with Gasteiger partial charge >= 0.3 is 0 Å². The summed E-state index contributed by atoms with van der Waals surface area (Å²) >= 11 is 0. The van der Waals surface area contributed by atoms with Gasteiger partial charge in [0.25, 0.3) is 0 Å². The number of aromatic nitrogens is 2. The molecule has 1 aromatic heterocycles. The van der Waals surface area contributed by atoms with Crippen LogP contribution in [0, 0.1) is 5.92 Å². The summed E-state index contributed by atoms with van der Waals surface area (Å²) in [5.74, 6) is 1.90. The van der Waals surface area contributed by atoms with E-state index in [1.807, 2.05) is 12.1 Å². The number of ether oxygens (including phenoxy) is 2. The van der Waals surface area contributed by atoms with E-state index < -0.39 is 10.9 Å². The van der Waals surface area contributed by atoms with Gasteiger partial charge in [0.15, 0.2) is 11.6 Å². The predicted octanol–water partition coefficient (Wildman–Crippen LogP) is 5.96. The number of para-hydroxylation sites is 2. The molecule has 1 aliphatic carbocycles. The van der Waals surface area contributed by atoms with E-state index in [0.29, 0.717) is 51.9 Å². The van der Waals surface area contributed by atoms with Crippen LogP contribution in [0.3, 0.4) is 0 Å². The predicted molar refractivity (Wildman–Crippen MR) is 161 cm³/mol. The maximum atomic E-state index is 12.8. The maximum absolute atomic E-state index is 12.8. The molecule has 1 saturated carbocycles. The van der Waals surface area contributed by atoms with Crippen LogP contribution in [0.5, 0.6) is 11.5 Å². The molecule has 0 bridgehead atoms. The number of nitrogens with one attached hydrogen (secondary N) is 2. The lowest BCUT2D eigenvalue weighted by Gasteiger charge is -2.21. The number of rotatable bonds is 11. The third-order valence-electron chi connectivity index (χ3n) is 7.16. The second-order valence-corrected chi connectivity index (χ2v) is 10.8. The average molecular weight is 576 g/mol. The Morgan fingerprint density at radius 2 is 1.59 bits per heavy atom. The van der Waals surface area contributed by atoms with Gasteiger partial charge in [0.05, 0.1) is 30.9 Å². The molecule has 0 unspecified atom stereocenters. The van der Waals surface area contributed by atoms with Crippen molar-refractivity contribution in [3.8, 4) is 11.5 Å². The number of fused-ring (bicyclic) bond motifs is 1. The Bertz CT molecular complexity index is 1590. The summed E-state index contributed by atoms with van der Waals surface area (Å²) in [4.78, 5) is 22.1. The molecule has 1 aliphatic rings. The standard InChI is InChI=1S/C30H33N5O5S/c1-39-24-17-22(18-25(19-24)40-2)32-29-30(34-27-13-6-5-12-26(27)33-29)35(41(37)38)23-11-7-10-21(16-23)31-28(36)15-14-20-8-3-4-9-20/h5-7,10-13,16-20,41H,3-4,8-9,14-15H2,1-2H3,(H,31,36)(H,32,33). The Morgan fingerprint density at radius 1 is 0.902 bits per heavy atom. The van der Waals surface area contributed by atoms with Gasteiger partial charge in [0.2, 0.25) is 16.8 Å². The Kier molecular flexibility index (Phi) is 8.83. The molecule has 3 aromatic carbocycles. The third-order valence-corrected chi connectivity index (χ3v) is 7.91. The van der Waals surface area contributed by atoms with Crippen molar-refractivity contribution in [1.29, 1.82) is 0 Å².